The summed E-state index contributed by atoms with van der Waals surface area (Å²) in [7, 11) is 1.40. The second kappa shape index (κ2) is 7.24. The molecule has 2 rings (SSSR count). The average Bonchev–Trinajstić information content (AvgIpc) is 2.48. The Morgan fingerprint density at radius 1 is 1.35 bits per heavy atom. The van der Waals surface area contributed by atoms with E-state index in [0.29, 0.717) is 12.1 Å². The third-order valence-corrected chi connectivity index (χ3v) is 3.58. The number of hydrogen-bond donors (Lipinski definition) is 1. The molecule has 0 bridgehead atoms. The first kappa shape index (κ1) is 14.8. The zero-order valence-electron chi connectivity index (χ0n) is 11.8. The van der Waals surface area contributed by atoms with E-state index in [1.54, 1.807) is 6.07 Å². The minimum atomic E-state index is -0.517. The highest BCUT2D eigenvalue weighted by Crippen LogP contribution is 2.17. The molecule has 5 heteroatoms. The lowest BCUT2D eigenvalue weighted by Crippen LogP contribution is -2.37. The van der Waals surface area contributed by atoms with Crippen LogP contribution >= 0.6 is 0 Å². The molecule has 1 aliphatic heterocycles. The van der Waals surface area contributed by atoms with Crippen LogP contribution < -0.4 is 10.1 Å². The van der Waals surface area contributed by atoms with Gasteiger partial charge in [-0.3, -0.25) is 4.79 Å². The van der Waals surface area contributed by atoms with Gasteiger partial charge in [0.15, 0.2) is 11.6 Å². The molecule has 1 fully saturated rings. The number of halogens is 1. The summed E-state index contributed by atoms with van der Waals surface area (Å²) in [5.41, 5.74) is 0.321. The molecule has 1 saturated heterocycles. The second-order valence-electron chi connectivity index (χ2n) is 5.01. The Morgan fingerprint density at radius 3 is 2.75 bits per heavy atom. The molecule has 1 N–H and O–H groups in total. The van der Waals surface area contributed by atoms with Crippen molar-refractivity contribution in [1.82, 2.24) is 10.2 Å². The number of benzene rings is 1. The fraction of sp³-hybridized carbons (Fsp3) is 0.533. The van der Waals surface area contributed by atoms with Gasteiger partial charge < -0.3 is 15.0 Å². The SMILES string of the molecule is COc1ccc(C(=O)NCCN2CCCCC2)cc1F. The minimum Gasteiger partial charge on any atom is -0.494 e. The van der Waals surface area contributed by atoms with Crippen molar-refractivity contribution in [3.05, 3.63) is 29.6 Å². The Kier molecular flexibility index (Phi) is 5.35. The molecule has 0 spiro atoms. The summed E-state index contributed by atoms with van der Waals surface area (Å²) in [6, 6.07) is 4.24. The van der Waals surface area contributed by atoms with Crippen molar-refractivity contribution in [2.24, 2.45) is 0 Å². The normalized spacial score (nSPS) is 15.9. The van der Waals surface area contributed by atoms with Crippen molar-refractivity contribution in [2.75, 3.05) is 33.3 Å². The van der Waals surface area contributed by atoms with Crippen molar-refractivity contribution in [1.29, 1.82) is 0 Å². The topological polar surface area (TPSA) is 41.6 Å². The minimum absolute atomic E-state index is 0.148. The number of likely N-dealkylation sites (tertiary alicyclic amines) is 1. The molecule has 1 aromatic carbocycles. The highest BCUT2D eigenvalue weighted by molar-refractivity contribution is 5.94. The van der Waals surface area contributed by atoms with E-state index in [1.807, 2.05) is 0 Å². The molecule has 0 aromatic heterocycles. The number of rotatable bonds is 5. The standard InChI is InChI=1S/C15H21FN2O2/c1-20-14-6-5-12(11-13(14)16)15(19)17-7-10-18-8-3-2-4-9-18/h5-6,11H,2-4,7-10H2,1H3,(H,17,19). The molecule has 0 unspecified atom stereocenters. The lowest BCUT2D eigenvalue weighted by atomic mass is 10.1. The molecular formula is C15H21FN2O2. The smallest absolute Gasteiger partial charge is 0.251 e. The van der Waals surface area contributed by atoms with Gasteiger partial charge in [-0.1, -0.05) is 6.42 Å². The quantitative estimate of drug-likeness (QED) is 0.897. The lowest BCUT2D eigenvalue weighted by molar-refractivity contribution is 0.0946. The van der Waals surface area contributed by atoms with Crippen LogP contribution in [-0.2, 0) is 0 Å². The molecule has 1 heterocycles. The number of hydrogen-bond acceptors (Lipinski definition) is 3. The van der Waals surface area contributed by atoms with Gasteiger partial charge in [0.2, 0.25) is 0 Å². The molecular weight excluding hydrogens is 259 g/mol. The number of carbonyl (C=O) groups is 1. The first-order valence-corrected chi connectivity index (χ1v) is 7.05. The highest BCUT2D eigenvalue weighted by atomic mass is 19.1. The van der Waals surface area contributed by atoms with Crippen molar-refractivity contribution < 1.29 is 13.9 Å². The summed E-state index contributed by atoms with van der Waals surface area (Å²) in [6.07, 6.45) is 3.77. The summed E-state index contributed by atoms with van der Waals surface area (Å²) in [5.74, 6) is -0.616. The summed E-state index contributed by atoms with van der Waals surface area (Å²) in [6.45, 7) is 3.65. The maximum absolute atomic E-state index is 13.5. The van der Waals surface area contributed by atoms with Crippen LogP contribution in [-0.4, -0.2) is 44.1 Å². The number of amides is 1. The molecule has 0 saturated carbocycles. The van der Waals surface area contributed by atoms with Gasteiger partial charge in [0.05, 0.1) is 7.11 Å². The van der Waals surface area contributed by atoms with Crippen molar-refractivity contribution >= 4 is 5.91 Å². The van der Waals surface area contributed by atoms with Crippen molar-refractivity contribution in [3.63, 3.8) is 0 Å². The molecule has 0 atom stereocenters. The predicted octanol–water partition coefficient (Wildman–Crippen LogP) is 2.05. The van der Waals surface area contributed by atoms with Gasteiger partial charge in [-0.15, -0.1) is 0 Å². The van der Waals surface area contributed by atoms with E-state index in [9.17, 15) is 9.18 Å². The van der Waals surface area contributed by atoms with E-state index in [1.165, 1.54) is 38.5 Å². The molecule has 1 aromatic rings. The van der Waals surface area contributed by atoms with Crippen LogP contribution in [0.25, 0.3) is 0 Å². The van der Waals surface area contributed by atoms with E-state index >= 15 is 0 Å². The maximum atomic E-state index is 13.5. The summed E-state index contributed by atoms with van der Waals surface area (Å²) < 4.78 is 18.3. The van der Waals surface area contributed by atoms with E-state index in [-0.39, 0.29) is 11.7 Å². The summed E-state index contributed by atoms with van der Waals surface area (Å²) >= 11 is 0. The van der Waals surface area contributed by atoms with E-state index in [2.05, 4.69) is 10.2 Å². The van der Waals surface area contributed by atoms with Gasteiger partial charge in [-0.25, -0.2) is 4.39 Å². The Hall–Kier alpha value is -1.62. The molecule has 110 valence electrons. The third kappa shape index (κ3) is 3.93. The zero-order valence-corrected chi connectivity index (χ0v) is 11.8. The van der Waals surface area contributed by atoms with Crippen LogP contribution in [0.4, 0.5) is 4.39 Å². The largest absolute Gasteiger partial charge is 0.494 e. The van der Waals surface area contributed by atoms with Crippen LogP contribution in [0.1, 0.15) is 29.6 Å². The number of nitrogens with zero attached hydrogens (tertiary/aromatic N) is 1. The van der Waals surface area contributed by atoms with Crippen LogP contribution in [0, 0.1) is 5.82 Å². The number of methoxy groups -OCH3 is 1. The van der Waals surface area contributed by atoms with Crippen molar-refractivity contribution in [3.8, 4) is 5.75 Å². The summed E-state index contributed by atoms with van der Waals surface area (Å²) in [4.78, 5) is 14.2. The lowest BCUT2D eigenvalue weighted by Gasteiger charge is -2.26. The Labute approximate surface area is 118 Å². The molecule has 4 nitrogen and oxygen atoms in total. The Bertz CT molecular complexity index is 459. The first-order valence-electron chi connectivity index (χ1n) is 7.05. The maximum Gasteiger partial charge on any atom is 0.251 e. The Morgan fingerprint density at radius 2 is 2.10 bits per heavy atom. The van der Waals surface area contributed by atoms with Crippen molar-refractivity contribution in [2.45, 2.75) is 19.3 Å². The monoisotopic (exact) mass is 280 g/mol. The van der Waals surface area contributed by atoms with Gasteiger partial charge in [0.1, 0.15) is 0 Å². The zero-order chi connectivity index (χ0) is 14.4. The molecule has 1 amide bonds. The fourth-order valence-electron chi connectivity index (χ4n) is 2.42. The molecule has 20 heavy (non-hydrogen) atoms. The van der Waals surface area contributed by atoms with Gasteiger partial charge in [-0.2, -0.15) is 0 Å². The molecule has 1 aliphatic rings. The molecule has 0 radical (unpaired) electrons. The molecule has 0 aliphatic carbocycles. The Balaban J connectivity index is 1.80. The van der Waals surface area contributed by atoms with E-state index < -0.39 is 5.82 Å². The van der Waals surface area contributed by atoms with Gasteiger partial charge in [0.25, 0.3) is 5.91 Å². The number of ether oxygens (including phenoxy) is 1. The number of nitrogens with one attached hydrogen (secondary N) is 1. The fourth-order valence-corrected chi connectivity index (χ4v) is 2.42. The van der Waals surface area contributed by atoms with Crippen LogP contribution in [0.3, 0.4) is 0 Å². The van der Waals surface area contributed by atoms with Gasteiger partial charge in [0, 0.05) is 18.7 Å². The number of piperidine rings is 1. The van der Waals surface area contributed by atoms with Crippen LogP contribution in [0.15, 0.2) is 18.2 Å². The van der Waals surface area contributed by atoms with Crippen LogP contribution in [0.2, 0.25) is 0 Å². The predicted molar refractivity (Wildman–Crippen MR) is 75.6 cm³/mol. The number of carbonyl (C=O) groups excluding carboxylic acids is 1. The van der Waals surface area contributed by atoms with Crippen LogP contribution in [0.5, 0.6) is 5.75 Å². The first-order chi connectivity index (χ1) is 9.70. The van der Waals surface area contributed by atoms with E-state index in [0.717, 1.165) is 19.6 Å². The van der Waals surface area contributed by atoms with Gasteiger partial charge >= 0.3 is 0 Å². The summed E-state index contributed by atoms with van der Waals surface area (Å²) in [5, 5.41) is 2.82. The van der Waals surface area contributed by atoms with Gasteiger partial charge in [-0.05, 0) is 44.1 Å². The third-order valence-electron chi connectivity index (χ3n) is 3.58. The average molecular weight is 280 g/mol. The highest BCUT2D eigenvalue weighted by Gasteiger charge is 2.12. The van der Waals surface area contributed by atoms with E-state index in [4.69, 9.17) is 4.74 Å². The second-order valence-corrected chi connectivity index (χ2v) is 5.01.